The van der Waals surface area contributed by atoms with Crippen LogP contribution in [0.5, 0.6) is 0 Å². The molecular weight excluding hydrogens is 416 g/mol. The van der Waals surface area contributed by atoms with Crippen molar-refractivity contribution in [2.24, 2.45) is 13.0 Å². The number of hydrogen-bond acceptors (Lipinski definition) is 4. The van der Waals surface area contributed by atoms with E-state index in [1.807, 2.05) is 25.1 Å². The minimum atomic E-state index is -0.203. The van der Waals surface area contributed by atoms with Gasteiger partial charge in [-0.25, -0.2) is 0 Å². The number of benzene rings is 1. The van der Waals surface area contributed by atoms with Crippen LogP contribution < -0.4 is 16.2 Å². The molecule has 3 aromatic rings. The van der Waals surface area contributed by atoms with Crippen LogP contribution in [0.2, 0.25) is 0 Å². The largest absolute Gasteiger partial charge is 0.382 e. The number of pyridine rings is 1. The number of hydrogen-bond donors (Lipinski definition) is 2. The Hall–Kier alpha value is -2.90. The summed E-state index contributed by atoms with van der Waals surface area (Å²) in [5.74, 6) is -0.133. The van der Waals surface area contributed by atoms with Crippen molar-refractivity contribution in [2.45, 2.75) is 38.8 Å². The summed E-state index contributed by atoms with van der Waals surface area (Å²) >= 11 is 0. The lowest BCUT2D eigenvalue weighted by Gasteiger charge is -2.31. The van der Waals surface area contributed by atoms with Gasteiger partial charge in [0.25, 0.3) is 5.56 Å². The fraction of sp³-hybridized carbons (Fsp3) is 0.462. The van der Waals surface area contributed by atoms with E-state index in [0.717, 1.165) is 50.3 Å². The van der Waals surface area contributed by atoms with Gasteiger partial charge in [-0.1, -0.05) is 18.2 Å². The molecule has 33 heavy (non-hydrogen) atoms. The fourth-order valence-corrected chi connectivity index (χ4v) is 4.77. The molecule has 4 rings (SSSR count). The standard InChI is InChI=1S/C26H34N4O3/c1-3-33-14-6-12-30-18-20(22-7-4-5-8-24(22)30)16-28-26(32)23-17-27-11-9-21(23)19-10-13-29(2)25(31)15-19/h4-5,7-8,10,13,15,18,21,23,27H,3,6,9,11-12,14,16-17H2,1-2H3,(H,28,32). The molecule has 1 saturated heterocycles. The first-order valence-corrected chi connectivity index (χ1v) is 11.9. The smallest absolute Gasteiger partial charge is 0.250 e. The summed E-state index contributed by atoms with van der Waals surface area (Å²) in [7, 11) is 1.74. The van der Waals surface area contributed by atoms with Crippen molar-refractivity contribution in [2.75, 3.05) is 26.3 Å². The first kappa shape index (κ1) is 23.3. The maximum Gasteiger partial charge on any atom is 0.250 e. The maximum atomic E-state index is 13.2. The number of fused-ring (bicyclic) bond motifs is 1. The van der Waals surface area contributed by atoms with Crippen molar-refractivity contribution in [3.8, 4) is 0 Å². The van der Waals surface area contributed by atoms with Crippen LogP contribution in [-0.4, -0.2) is 41.3 Å². The van der Waals surface area contributed by atoms with E-state index in [2.05, 4.69) is 33.5 Å². The molecule has 2 atom stereocenters. The van der Waals surface area contributed by atoms with Crippen molar-refractivity contribution >= 4 is 16.8 Å². The van der Waals surface area contributed by atoms with Gasteiger partial charge >= 0.3 is 0 Å². The number of amides is 1. The van der Waals surface area contributed by atoms with Crippen LogP contribution in [0.1, 0.15) is 36.8 Å². The third-order valence-electron chi connectivity index (χ3n) is 6.59. The van der Waals surface area contributed by atoms with Crippen molar-refractivity contribution < 1.29 is 9.53 Å². The van der Waals surface area contributed by atoms with Crippen LogP contribution in [0, 0.1) is 5.92 Å². The number of rotatable bonds is 9. The SMILES string of the molecule is CCOCCCn1cc(CNC(=O)C2CNCCC2c2ccn(C)c(=O)c2)c2ccccc21. The van der Waals surface area contributed by atoms with Gasteiger partial charge in [0, 0.05) is 69.3 Å². The third-order valence-corrected chi connectivity index (χ3v) is 6.59. The second kappa shape index (κ2) is 10.8. The monoisotopic (exact) mass is 450 g/mol. The molecular formula is C26H34N4O3. The molecule has 7 nitrogen and oxygen atoms in total. The van der Waals surface area contributed by atoms with E-state index in [1.165, 1.54) is 10.9 Å². The summed E-state index contributed by atoms with van der Waals surface area (Å²) in [6.45, 7) is 6.31. The molecule has 3 heterocycles. The number of aromatic nitrogens is 2. The molecule has 0 saturated carbocycles. The quantitative estimate of drug-likeness (QED) is 0.492. The van der Waals surface area contributed by atoms with Gasteiger partial charge in [-0.15, -0.1) is 0 Å². The van der Waals surface area contributed by atoms with Crippen LogP contribution in [0.15, 0.2) is 53.6 Å². The molecule has 7 heteroatoms. The second-order valence-electron chi connectivity index (χ2n) is 8.75. The molecule has 0 radical (unpaired) electrons. The van der Waals surface area contributed by atoms with Gasteiger partial charge in [0.2, 0.25) is 5.91 Å². The predicted octanol–water partition coefficient (Wildman–Crippen LogP) is 2.78. The first-order chi connectivity index (χ1) is 16.1. The van der Waals surface area contributed by atoms with Crippen LogP contribution in [0.4, 0.5) is 0 Å². The van der Waals surface area contributed by atoms with E-state index in [0.29, 0.717) is 13.1 Å². The van der Waals surface area contributed by atoms with E-state index in [1.54, 1.807) is 23.9 Å². The van der Waals surface area contributed by atoms with Crippen molar-refractivity contribution in [1.29, 1.82) is 0 Å². The number of nitrogens with one attached hydrogen (secondary N) is 2. The molecule has 1 aliphatic rings. The van der Waals surface area contributed by atoms with Gasteiger partial charge in [-0.2, -0.15) is 0 Å². The lowest BCUT2D eigenvalue weighted by atomic mass is 9.81. The lowest BCUT2D eigenvalue weighted by molar-refractivity contribution is -0.126. The Balaban J connectivity index is 1.47. The van der Waals surface area contributed by atoms with Crippen molar-refractivity contribution in [3.63, 3.8) is 0 Å². The molecule has 0 bridgehead atoms. The number of piperidine rings is 1. The fourth-order valence-electron chi connectivity index (χ4n) is 4.77. The highest BCUT2D eigenvalue weighted by Crippen LogP contribution is 2.30. The Morgan fingerprint density at radius 2 is 2.12 bits per heavy atom. The summed E-state index contributed by atoms with van der Waals surface area (Å²) < 4.78 is 9.29. The highest BCUT2D eigenvalue weighted by Gasteiger charge is 2.32. The van der Waals surface area contributed by atoms with Gasteiger partial charge in [-0.3, -0.25) is 9.59 Å². The molecule has 1 aromatic carbocycles. The zero-order chi connectivity index (χ0) is 23.2. The maximum absolute atomic E-state index is 13.2. The number of aryl methyl sites for hydroxylation is 2. The number of nitrogens with zero attached hydrogens (tertiary/aromatic N) is 2. The Morgan fingerprint density at radius 1 is 1.27 bits per heavy atom. The molecule has 1 aliphatic heterocycles. The first-order valence-electron chi connectivity index (χ1n) is 11.9. The van der Waals surface area contributed by atoms with Gasteiger partial charge in [0.05, 0.1) is 5.92 Å². The second-order valence-corrected chi connectivity index (χ2v) is 8.75. The highest BCUT2D eigenvalue weighted by atomic mass is 16.5. The van der Waals surface area contributed by atoms with E-state index in [4.69, 9.17) is 4.74 Å². The van der Waals surface area contributed by atoms with Crippen LogP contribution in [-0.2, 0) is 29.7 Å². The molecule has 1 fully saturated rings. The van der Waals surface area contributed by atoms with Crippen LogP contribution >= 0.6 is 0 Å². The van der Waals surface area contributed by atoms with Crippen molar-refractivity contribution in [3.05, 3.63) is 70.3 Å². The summed E-state index contributed by atoms with van der Waals surface area (Å²) in [6.07, 6.45) is 5.72. The summed E-state index contributed by atoms with van der Waals surface area (Å²) in [6, 6.07) is 12.0. The van der Waals surface area contributed by atoms with Crippen LogP contribution in [0.3, 0.4) is 0 Å². The Kier molecular flexibility index (Phi) is 7.62. The normalized spacial score (nSPS) is 18.5. The summed E-state index contributed by atoms with van der Waals surface area (Å²) in [5.41, 5.74) is 3.20. The van der Waals surface area contributed by atoms with E-state index in [-0.39, 0.29) is 23.3 Å². The van der Waals surface area contributed by atoms with E-state index >= 15 is 0 Å². The molecule has 2 aromatic heterocycles. The van der Waals surface area contributed by atoms with E-state index in [9.17, 15) is 9.59 Å². The number of carbonyl (C=O) groups excluding carboxylic acids is 1. The molecule has 2 N–H and O–H groups in total. The summed E-state index contributed by atoms with van der Waals surface area (Å²) in [5, 5.41) is 7.69. The van der Waals surface area contributed by atoms with Gasteiger partial charge in [0.1, 0.15) is 0 Å². The average molecular weight is 451 g/mol. The lowest BCUT2D eigenvalue weighted by Crippen LogP contribution is -2.44. The Morgan fingerprint density at radius 3 is 2.94 bits per heavy atom. The van der Waals surface area contributed by atoms with Gasteiger partial charge in [0.15, 0.2) is 0 Å². The zero-order valence-electron chi connectivity index (χ0n) is 19.5. The topological polar surface area (TPSA) is 77.3 Å². The van der Waals surface area contributed by atoms with Gasteiger partial charge in [-0.05, 0) is 55.5 Å². The number of ether oxygens (including phenoxy) is 1. The van der Waals surface area contributed by atoms with Crippen LogP contribution in [0.25, 0.3) is 10.9 Å². The number of carbonyl (C=O) groups is 1. The molecule has 0 aliphatic carbocycles. The van der Waals surface area contributed by atoms with E-state index < -0.39 is 0 Å². The molecule has 1 amide bonds. The minimum Gasteiger partial charge on any atom is -0.382 e. The van der Waals surface area contributed by atoms with Crippen molar-refractivity contribution in [1.82, 2.24) is 19.8 Å². The Labute approximate surface area is 194 Å². The summed E-state index contributed by atoms with van der Waals surface area (Å²) in [4.78, 5) is 25.4. The average Bonchev–Trinajstić information content (AvgIpc) is 3.20. The molecule has 176 valence electrons. The van der Waals surface area contributed by atoms with Gasteiger partial charge < -0.3 is 24.5 Å². The number of para-hydroxylation sites is 1. The third kappa shape index (κ3) is 5.37. The predicted molar refractivity (Wildman–Crippen MR) is 130 cm³/mol. The minimum absolute atomic E-state index is 0.0288. The highest BCUT2D eigenvalue weighted by molar-refractivity contribution is 5.85. The zero-order valence-corrected chi connectivity index (χ0v) is 19.5. The molecule has 0 spiro atoms. The molecule has 2 unspecified atom stereocenters. The Bertz CT molecular complexity index is 1150.